The predicted octanol–water partition coefficient (Wildman–Crippen LogP) is 3.69. The minimum atomic E-state index is -0.863. The summed E-state index contributed by atoms with van der Waals surface area (Å²) in [6.45, 7) is 0. The summed E-state index contributed by atoms with van der Waals surface area (Å²) in [6.07, 6.45) is 4.14. The summed E-state index contributed by atoms with van der Waals surface area (Å²) in [6, 6.07) is 6.29. The molecule has 1 nitrogen and oxygen atoms in total. The number of nitriles is 1. The molecule has 0 bridgehead atoms. The van der Waals surface area contributed by atoms with Gasteiger partial charge in [0.15, 0.2) is 11.6 Å². The first-order chi connectivity index (χ1) is 7.69. The van der Waals surface area contributed by atoms with Gasteiger partial charge in [-0.15, -0.1) is 0 Å². The summed E-state index contributed by atoms with van der Waals surface area (Å²) in [7, 11) is 0. The molecule has 16 heavy (non-hydrogen) atoms. The van der Waals surface area contributed by atoms with Crippen LogP contribution >= 0.6 is 0 Å². The lowest BCUT2D eigenvalue weighted by molar-refractivity contribution is 0.348. The van der Waals surface area contributed by atoms with Crippen molar-refractivity contribution < 1.29 is 8.78 Å². The number of rotatable bonds is 1. The van der Waals surface area contributed by atoms with E-state index in [-0.39, 0.29) is 5.56 Å². The highest BCUT2D eigenvalue weighted by atomic mass is 19.2. The van der Waals surface area contributed by atoms with E-state index in [9.17, 15) is 14.0 Å². The molecule has 1 saturated carbocycles. The van der Waals surface area contributed by atoms with E-state index in [0.717, 1.165) is 25.3 Å². The van der Waals surface area contributed by atoms with Crippen LogP contribution in [0.15, 0.2) is 18.2 Å². The van der Waals surface area contributed by atoms with Crippen LogP contribution in [-0.2, 0) is 5.41 Å². The molecule has 0 spiro atoms. The molecule has 0 atom stereocenters. The largest absolute Gasteiger partial charge is 0.204 e. The quantitative estimate of drug-likeness (QED) is 0.709. The van der Waals surface area contributed by atoms with E-state index in [1.807, 2.05) is 0 Å². The van der Waals surface area contributed by atoms with Gasteiger partial charge in [-0.05, 0) is 18.9 Å². The number of nitrogens with zero attached hydrogens (tertiary/aromatic N) is 1. The summed E-state index contributed by atoms with van der Waals surface area (Å²) < 4.78 is 26.8. The van der Waals surface area contributed by atoms with Crippen molar-refractivity contribution in [2.75, 3.05) is 0 Å². The van der Waals surface area contributed by atoms with Crippen LogP contribution in [-0.4, -0.2) is 0 Å². The molecule has 0 unspecified atom stereocenters. The van der Waals surface area contributed by atoms with Gasteiger partial charge in [-0.25, -0.2) is 8.78 Å². The molecule has 0 aliphatic heterocycles. The SMILES string of the molecule is N#CC1(c2cccc(F)c2F)CCCCC1. The molecule has 1 fully saturated rings. The lowest BCUT2D eigenvalue weighted by Crippen LogP contribution is -2.28. The average molecular weight is 221 g/mol. The van der Waals surface area contributed by atoms with Crippen molar-refractivity contribution in [1.82, 2.24) is 0 Å². The Morgan fingerprint density at radius 2 is 1.81 bits per heavy atom. The van der Waals surface area contributed by atoms with Gasteiger partial charge in [-0.1, -0.05) is 31.4 Å². The van der Waals surface area contributed by atoms with E-state index >= 15 is 0 Å². The van der Waals surface area contributed by atoms with Crippen molar-refractivity contribution in [2.24, 2.45) is 0 Å². The van der Waals surface area contributed by atoms with Gasteiger partial charge in [0.25, 0.3) is 0 Å². The van der Waals surface area contributed by atoms with Crippen molar-refractivity contribution in [1.29, 1.82) is 5.26 Å². The molecule has 1 aromatic carbocycles. The number of hydrogen-bond donors (Lipinski definition) is 0. The topological polar surface area (TPSA) is 23.8 Å². The molecule has 3 heteroatoms. The van der Waals surface area contributed by atoms with E-state index < -0.39 is 17.0 Å². The van der Waals surface area contributed by atoms with Crippen molar-refractivity contribution in [3.05, 3.63) is 35.4 Å². The highest BCUT2D eigenvalue weighted by molar-refractivity contribution is 5.34. The van der Waals surface area contributed by atoms with Crippen molar-refractivity contribution in [3.8, 4) is 6.07 Å². The summed E-state index contributed by atoms with van der Waals surface area (Å²) in [5.74, 6) is -1.72. The molecule has 0 heterocycles. The third-order valence-electron chi connectivity index (χ3n) is 3.39. The zero-order valence-corrected chi connectivity index (χ0v) is 8.97. The third kappa shape index (κ3) is 1.69. The summed E-state index contributed by atoms with van der Waals surface area (Å²) in [4.78, 5) is 0. The first kappa shape index (κ1) is 11.1. The normalized spacial score (nSPS) is 19.1. The summed E-state index contributed by atoms with van der Waals surface area (Å²) in [5, 5.41) is 9.27. The zero-order chi connectivity index (χ0) is 11.6. The van der Waals surface area contributed by atoms with E-state index in [1.165, 1.54) is 12.1 Å². The second kappa shape index (κ2) is 4.21. The smallest absolute Gasteiger partial charge is 0.163 e. The Labute approximate surface area is 93.7 Å². The fourth-order valence-corrected chi connectivity index (χ4v) is 2.47. The summed E-state index contributed by atoms with van der Waals surface area (Å²) >= 11 is 0. The molecule has 0 amide bonds. The Hall–Kier alpha value is -1.43. The van der Waals surface area contributed by atoms with Crippen LogP contribution in [0.3, 0.4) is 0 Å². The van der Waals surface area contributed by atoms with E-state index in [4.69, 9.17) is 0 Å². The molecule has 0 radical (unpaired) electrons. The molecular formula is C13H13F2N. The Kier molecular flexibility index (Phi) is 2.91. The van der Waals surface area contributed by atoms with Crippen molar-refractivity contribution in [2.45, 2.75) is 37.5 Å². The van der Waals surface area contributed by atoms with Crippen LogP contribution in [0.1, 0.15) is 37.7 Å². The predicted molar refractivity (Wildman–Crippen MR) is 56.7 cm³/mol. The first-order valence-corrected chi connectivity index (χ1v) is 5.55. The third-order valence-corrected chi connectivity index (χ3v) is 3.39. The van der Waals surface area contributed by atoms with Gasteiger partial charge < -0.3 is 0 Å². The Bertz CT molecular complexity index is 428. The van der Waals surface area contributed by atoms with Crippen molar-refractivity contribution >= 4 is 0 Å². The maximum atomic E-state index is 13.7. The highest BCUT2D eigenvalue weighted by Crippen LogP contribution is 2.40. The van der Waals surface area contributed by atoms with Crippen molar-refractivity contribution in [3.63, 3.8) is 0 Å². The molecule has 1 aromatic rings. The molecule has 84 valence electrons. The van der Waals surface area contributed by atoms with Gasteiger partial charge in [0.1, 0.15) is 0 Å². The minimum absolute atomic E-state index is 0.231. The lowest BCUT2D eigenvalue weighted by atomic mass is 9.70. The van der Waals surface area contributed by atoms with Gasteiger partial charge in [0.2, 0.25) is 0 Å². The van der Waals surface area contributed by atoms with Crippen LogP contribution < -0.4 is 0 Å². The van der Waals surface area contributed by atoms with Crippen LogP contribution in [0.5, 0.6) is 0 Å². The lowest BCUT2D eigenvalue weighted by Gasteiger charge is -2.31. The Morgan fingerprint density at radius 1 is 1.12 bits per heavy atom. The molecule has 1 aliphatic rings. The van der Waals surface area contributed by atoms with Gasteiger partial charge >= 0.3 is 0 Å². The van der Waals surface area contributed by atoms with E-state index in [0.29, 0.717) is 12.8 Å². The number of hydrogen-bond acceptors (Lipinski definition) is 1. The standard InChI is InChI=1S/C13H13F2N/c14-11-6-4-5-10(12(11)15)13(9-16)7-2-1-3-8-13/h4-6H,1-3,7-8H2. The first-order valence-electron chi connectivity index (χ1n) is 5.55. The second-order valence-corrected chi connectivity index (χ2v) is 4.36. The molecule has 0 N–H and O–H groups in total. The minimum Gasteiger partial charge on any atom is -0.204 e. The van der Waals surface area contributed by atoms with Crippen LogP contribution in [0.4, 0.5) is 8.78 Å². The zero-order valence-electron chi connectivity index (χ0n) is 8.97. The fraction of sp³-hybridized carbons (Fsp3) is 0.462. The molecule has 0 saturated heterocycles. The Morgan fingerprint density at radius 3 is 2.44 bits per heavy atom. The van der Waals surface area contributed by atoms with Gasteiger partial charge in [0, 0.05) is 5.56 Å². The van der Waals surface area contributed by atoms with E-state index in [1.54, 1.807) is 0 Å². The van der Waals surface area contributed by atoms with Gasteiger partial charge in [-0.3, -0.25) is 0 Å². The maximum Gasteiger partial charge on any atom is 0.163 e. The summed E-state index contributed by atoms with van der Waals surface area (Å²) in [5.41, 5.74) is -0.584. The Balaban J connectivity index is 2.48. The molecular weight excluding hydrogens is 208 g/mol. The maximum absolute atomic E-state index is 13.7. The second-order valence-electron chi connectivity index (χ2n) is 4.36. The average Bonchev–Trinajstić information content (AvgIpc) is 2.33. The van der Waals surface area contributed by atoms with Crippen LogP contribution in [0, 0.1) is 23.0 Å². The molecule has 2 rings (SSSR count). The highest BCUT2D eigenvalue weighted by Gasteiger charge is 2.36. The molecule has 1 aliphatic carbocycles. The van der Waals surface area contributed by atoms with Gasteiger partial charge in [0.05, 0.1) is 11.5 Å². The van der Waals surface area contributed by atoms with Gasteiger partial charge in [-0.2, -0.15) is 5.26 Å². The number of benzene rings is 1. The van der Waals surface area contributed by atoms with Crippen LogP contribution in [0.25, 0.3) is 0 Å². The van der Waals surface area contributed by atoms with E-state index in [2.05, 4.69) is 6.07 Å². The van der Waals surface area contributed by atoms with Crippen LogP contribution in [0.2, 0.25) is 0 Å². The fourth-order valence-electron chi connectivity index (χ4n) is 2.47. The monoisotopic (exact) mass is 221 g/mol. The molecule has 0 aromatic heterocycles. The number of halogens is 2.